The molecular weight excluding hydrogens is 470 g/mol. The molecule has 0 fully saturated rings. The molecule has 6 aromatic carbocycles. The molecule has 0 spiro atoms. The SMILES string of the molecule is CC1(c2ccc(-c3cccc(N(c4ccccc4)c4ccccc4)c3)cc2)c2ccccc2-c2ccccc21. The van der Waals surface area contributed by atoms with E-state index in [4.69, 9.17) is 0 Å². The molecule has 1 aliphatic carbocycles. The summed E-state index contributed by atoms with van der Waals surface area (Å²) in [7, 11) is 0. The zero-order valence-electron chi connectivity index (χ0n) is 22.0. The molecule has 6 aromatic rings. The Morgan fingerprint density at radius 2 is 0.897 bits per heavy atom. The predicted molar refractivity (Wildman–Crippen MR) is 164 cm³/mol. The molecule has 39 heavy (non-hydrogen) atoms. The first kappa shape index (κ1) is 23.3. The second kappa shape index (κ2) is 9.45. The van der Waals surface area contributed by atoms with E-state index in [2.05, 4.69) is 170 Å². The minimum atomic E-state index is -0.176. The molecule has 0 radical (unpaired) electrons. The van der Waals surface area contributed by atoms with E-state index in [9.17, 15) is 0 Å². The minimum absolute atomic E-state index is 0.176. The standard InChI is InChI=1S/C38H29N/c1-38(36-21-10-8-19-34(36)35-20-9-11-22-37(35)38)30-25-23-28(24-26-30)29-13-12-18-33(27-29)39(31-14-4-2-5-15-31)32-16-6-3-7-17-32/h2-27H,1H3. The first-order valence-corrected chi connectivity index (χ1v) is 13.5. The summed E-state index contributed by atoms with van der Waals surface area (Å²) >= 11 is 0. The fraction of sp³-hybridized carbons (Fsp3) is 0.0526. The van der Waals surface area contributed by atoms with E-state index < -0.39 is 0 Å². The Morgan fingerprint density at radius 3 is 1.46 bits per heavy atom. The zero-order chi connectivity index (χ0) is 26.2. The second-order valence-electron chi connectivity index (χ2n) is 10.4. The summed E-state index contributed by atoms with van der Waals surface area (Å²) in [5.41, 5.74) is 12.4. The Morgan fingerprint density at radius 1 is 0.410 bits per heavy atom. The summed E-state index contributed by atoms with van der Waals surface area (Å²) in [5, 5.41) is 0. The van der Waals surface area contributed by atoms with Crippen LogP contribution in [0.4, 0.5) is 17.1 Å². The summed E-state index contributed by atoms with van der Waals surface area (Å²) in [5.74, 6) is 0. The van der Waals surface area contributed by atoms with Crippen molar-refractivity contribution >= 4 is 17.1 Å². The highest BCUT2D eigenvalue weighted by atomic mass is 15.1. The van der Waals surface area contributed by atoms with Crippen LogP contribution < -0.4 is 4.90 Å². The highest BCUT2D eigenvalue weighted by Crippen LogP contribution is 2.52. The van der Waals surface area contributed by atoms with Crippen LogP contribution in [0.25, 0.3) is 22.3 Å². The highest BCUT2D eigenvalue weighted by molar-refractivity contribution is 5.84. The lowest BCUT2D eigenvalue weighted by Crippen LogP contribution is -2.22. The van der Waals surface area contributed by atoms with Gasteiger partial charge < -0.3 is 4.90 Å². The van der Waals surface area contributed by atoms with E-state index in [0.29, 0.717) is 0 Å². The quantitative estimate of drug-likeness (QED) is 0.228. The Labute approximate surface area is 230 Å². The molecule has 186 valence electrons. The number of benzene rings is 6. The van der Waals surface area contributed by atoms with Crippen molar-refractivity contribution in [2.24, 2.45) is 0 Å². The molecule has 1 aliphatic rings. The van der Waals surface area contributed by atoms with Crippen molar-refractivity contribution in [3.63, 3.8) is 0 Å². The third kappa shape index (κ3) is 3.86. The van der Waals surface area contributed by atoms with Gasteiger partial charge in [0.25, 0.3) is 0 Å². The average molecular weight is 500 g/mol. The van der Waals surface area contributed by atoms with Crippen LogP contribution in [0.5, 0.6) is 0 Å². The molecule has 0 aliphatic heterocycles. The summed E-state index contributed by atoms with van der Waals surface area (Å²) in [6.45, 7) is 2.37. The van der Waals surface area contributed by atoms with E-state index in [1.54, 1.807) is 0 Å². The van der Waals surface area contributed by atoms with Crippen molar-refractivity contribution in [3.05, 3.63) is 174 Å². The molecule has 1 nitrogen and oxygen atoms in total. The largest absolute Gasteiger partial charge is 0.310 e. The molecule has 0 bridgehead atoms. The van der Waals surface area contributed by atoms with E-state index in [-0.39, 0.29) is 5.41 Å². The average Bonchev–Trinajstić information content (AvgIpc) is 3.28. The van der Waals surface area contributed by atoms with Gasteiger partial charge in [0.2, 0.25) is 0 Å². The lowest BCUT2D eigenvalue weighted by atomic mass is 9.74. The predicted octanol–water partition coefficient (Wildman–Crippen LogP) is 10.2. The van der Waals surface area contributed by atoms with Crippen LogP contribution in [0.2, 0.25) is 0 Å². The van der Waals surface area contributed by atoms with Gasteiger partial charge in [0.15, 0.2) is 0 Å². The molecule has 0 N–H and O–H groups in total. The van der Waals surface area contributed by atoms with Gasteiger partial charge in [-0.25, -0.2) is 0 Å². The topological polar surface area (TPSA) is 3.24 Å². The summed E-state index contributed by atoms with van der Waals surface area (Å²) in [4.78, 5) is 2.31. The van der Waals surface area contributed by atoms with Crippen molar-refractivity contribution in [1.29, 1.82) is 0 Å². The summed E-state index contributed by atoms with van der Waals surface area (Å²) in [6, 6.07) is 56.8. The lowest BCUT2D eigenvalue weighted by molar-refractivity contribution is 0.714. The van der Waals surface area contributed by atoms with E-state index in [1.165, 1.54) is 38.9 Å². The number of para-hydroxylation sites is 2. The van der Waals surface area contributed by atoms with Crippen molar-refractivity contribution < 1.29 is 0 Å². The van der Waals surface area contributed by atoms with Gasteiger partial charge in [-0.2, -0.15) is 0 Å². The van der Waals surface area contributed by atoms with E-state index in [1.807, 2.05) is 0 Å². The van der Waals surface area contributed by atoms with Gasteiger partial charge in [-0.1, -0.05) is 121 Å². The van der Waals surface area contributed by atoms with Crippen LogP contribution in [0.15, 0.2) is 158 Å². The Balaban J connectivity index is 1.28. The van der Waals surface area contributed by atoms with Gasteiger partial charge in [0, 0.05) is 22.5 Å². The van der Waals surface area contributed by atoms with Crippen LogP contribution in [0.3, 0.4) is 0 Å². The molecule has 0 atom stereocenters. The second-order valence-corrected chi connectivity index (χ2v) is 10.4. The molecule has 0 heterocycles. The molecule has 1 heteroatoms. The number of hydrogen-bond acceptors (Lipinski definition) is 1. The smallest absolute Gasteiger partial charge is 0.0467 e. The summed E-state index contributed by atoms with van der Waals surface area (Å²) in [6.07, 6.45) is 0. The van der Waals surface area contributed by atoms with Crippen LogP contribution in [0.1, 0.15) is 23.6 Å². The van der Waals surface area contributed by atoms with Crippen molar-refractivity contribution in [3.8, 4) is 22.3 Å². The molecule has 0 saturated heterocycles. The zero-order valence-corrected chi connectivity index (χ0v) is 22.0. The maximum Gasteiger partial charge on any atom is 0.0467 e. The number of rotatable bonds is 5. The van der Waals surface area contributed by atoms with Crippen molar-refractivity contribution in [1.82, 2.24) is 0 Å². The van der Waals surface area contributed by atoms with E-state index in [0.717, 1.165) is 17.1 Å². The Bertz CT molecular complexity index is 1670. The lowest BCUT2D eigenvalue weighted by Gasteiger charge is -2.28. The molecular formula is C38H29N. The fourth-order valence-electron chi connectivity index (χ4n) is 6.19. The normalized spacial score (nSPS) is 12.9. The Kier molecular flexibility index (Phi) is 5.64. The van der Waals surface area contributed by atoms with Crippen LogP contribution in [-0.2, 0) is 5.41 Å². The number of nitrogens with zero attached hydrogens (tertiary/aromatic N) is 1. The monoisotopic (exact) mass is 499 g/mol. The summed E-state index contributed by atoms with van der Waals surface area (Å²) < 4.78 is 0. The van der Waals surface area contributed by atoms with Gasteiger partial charge in [-0.05, 0) is 82.3 Å². The van der Waals surface area contributed by atoms with Crippen LogP contribution in [0, 0.1) is 0 Å². The Hall–Kier alpha value is -4.88. The van der Waals surface area contributed by atoms with Gasteiger partial charge in [0.1, 0.15) is 0 Å². The van der Waals surface area contributed by atoms with Gasteiger partial charge in [-0.3, -0.25) is 0 Å². The van der Waals surface area contributed by atoms with E-state index >= 15 is 0 Å². The van der Waals surface area contributed by atoms with Crippen molar-refractivity contribution in [2.75, 3.05) is 4.90 Å². The fourth-order valence-corrected chi connectivity index (χ4v) is 6.19. The third-order valence-corrected chi connectivity index (χ3v) is 8.15. The molecule has 0 unspecified atom stereocenters. The van der Waals surface area contributed by atoms with Gasteiger partial charge in [-0.15, -0.1) is 0 Å². The number of anilines is 3. The maximum absolute atomic E-state index is 2.37. The molecule has 0 amide bonds. The van der Waals surface area contributed by atoms with Gasteiger partial charge in [0.05, 0.1) is 0 Å². The number of fused-ring (bicyclic) bond motifs is 3. The molecule has 0 aromatic heterocycles. The first-order chi connectivity index (χ1) is 19.2. The van der Waals surface area contributed by atoms with Crippen molar-refractivity contribution in [2.45, 2.75) is 12.3 Å². The number of hydrogen-bond donors (Lipinski definition) is 0. The molecule has 0 saturated carbocycles. The van der Waals surface area contributed by atoms with Crippen LogP contribution >= 0.6 is 0 Å². The minimum Gasteiger partial charge on any atom is -0.310 e. The molecule has 7 rings (SSSR count). The highest BCUT2D eigenvalue weighted by Gasteiger charge is 2.40. The first-order valence-electron chi connectivity index (χ1n) is 13.5. The van der Waals surface area contributed by atoms with Crippen LogP contribution in [-0.4, -0.2) is 0 Å². The van der Waals surface area contributed by atoms with Gasteiger partial charge >= 0.3 is 0 Å². The third-order valence-electron chi connectivity index (χ3n) is 8.15. The maximum atomic E-state index is 2.37.